The van der Waals surface area contributed by atoms with Crippen LogP contribution in [0, 0.1) is 4.91 Å². The maximum absolute atomic E-state index is 10.0. The summed E-state index contributed by atoms with van der Waals surface area (Å²) in [5, 5.41) is 11.5. The first-order chi connectivity index (χ1) is 6.40. The van der Waals surface area contributed by atoms with Crippen LogP contribution in [0.1, 0.15) is 5.56 Å². The van der Waals surface area contributed by atoms with Crippen molar-refractivity contribution < 1.29 is 0 Å². The summed E-state index contributed by atoms with van der Waals surface area (Å²) in [6, 6.07) is 7.47. The van der Waals surface area contributed by atoms with Gasteiger partial charge in [0.2, 0.25) is 0 Å². The maximum Gasteiger partial charge on any atom is 0.106 e. The third kappa shape index (κ3) is 1.51. The second-order valence-electron chi connectivity index (χ2n) is 2.71. The molecule has 0 bridgehead atoms. The van der Waals surface area contributed by atoms with Crippen molar-refractivity contribution in [2.75, 3.05) is 0 Å². The maximum atomic E-state index is 10.0. The summed E-state index contributed by atoms with van der Waals surface area (Å²) in [4.78, 5) is 10.0. The zero-order chi connectivity index (χ0) is 9.10. The van der Waals surface area contributed by atoms with Gasteiger partial charge >= 0.3 is 0 Å². The van der Waals surface area contributed by atoms with Crippen LogP contribution in [-0.4, -0.2) is 10.2 Å². The Hall–Kier alpha value is -1.84. The van der Waals surface area contributed by atoms with E-state index in [-0.39, 0.29) is 6.54 Å². The van der Waals surface area contributed by atoms with Crippen molar-refractivity contribution in [3.05, 3.63) is 40.9 Å². The number of hydrogen-bond acceptors (Lipinski definition) is 4. The zero-order valence-corrected chi connectivity index (χ0v) is 6.84. The summed E-state index contributed by atoms with van der Waals surface area (Å²) in [5.41, 5.74) is 1.66. The second kappa shape index (κ2) is 3.26. The van der Waals surface area contributed by atoms with Gasteiger partial charge in [-0.1, -0.05) is 17.3 Å². The molecule has 1 aromatic heterocycles. The van der Waals surface area contributed by atoms with Gasteiger partial charge in [-0.25, -0.2) is 0 Å². The predicted octanol–water partition coefficient (Wildman–Crippen LogP) is 1.90. The molecule has 0 unspecified atom stereocenters. The lowest BCUT2D eigenvalue weighted by atomic mass is 10.1. The van der Waals surface area contributed by atoms with Gasteiger partial charge in [0.1, 0.15) is 6.54 Å². The van der Waals surface area contributed by atoms with Crippen LogP contribution in [0.3, 0.4) is 0 Å². The highest BCUT2D eigenvalue weighted by molar-refractivity contribution is 5.78. The number of hydrogen-bond donors (Lipinski definition) is 0. The normalized spacial score (nSPS) is 10.2. The Balaban J connectivity index is 2.55. The fraction of sp³-hybridized carbons (Fsp3) is 0.111. The number of aromatic nitrogens is 2. The standard InChI is InChI=1S/C9H7N3O/c13-11-6-7-1-2-8-3-4-10-12-9(8)5-7/h1-5H,6H2. The molecule has 0 saturated carbocycles. The Morgan fingerprint density at radius 1 is 1.31 bits per heavy atom. The van der Waals surface area contributed by atoms with Crippen LogP contribution in [0.15, 0.2) is 35.6 Å². The first-order valence-electron chi connectivity index (χ1n) is 3.89. The molecule has 4 heteroatoms. The minimum atomic E-state index is 0.187. The molecule has 13 heavy (non-hydrogen) atoms. The molecule has 0 aliphatic rings. The van der Waals surface area contributed by atoms with E-state index in [0.29, 0.717) is 0 Å². The van der Waals surface area contributed by atoms with Gasteiger partial charge in [-0.15, -0.1) is 0 Å². The smallest absolute Gasteiger partial charge is 0.106 e. The Bertz CT molecular complexity index is 442. The van der Waals surface area contributed by atoms with Crippen LogP contribution in [-0.2, 0) is 6.54 Å². The Kier molecular flexibility index (Phi) is 1.96. The van der Waals surface area contributed by atoms with Crippen LogP contribution in [0.4, 0.5) is 0 Å². The summed E-state index contributed by atoms with van der Waals surface area (Å²) in [5.74, 6) is 0. The average Bonchev–Trinajstić information content (AvgIpc) is 2.18. The summed E-state index contributed by atoms with van der Waals surface area (Å²) in [6.07, 6.45) is 1.64. The lowest BCUT2D eigenvalue weighted by molar-refractivity contribution is 1.04. The molecule has 1 aromatic carbocycles. The van der Waals surface area contributed by atoms with E-state index in [1.165, 1.54) is 0 Å². The van der Waals surface area contributed by atoms with E-state index in [2.05, 4.69) is 15.4 Å². The van der Waals surface area contributed by atoms with Gasteiger partial charge in [0.25, 0.3) is 0 Å². The number of benzene rings is 1. The van der Waals surface area contributed by atoms with Gasteiger partial charge < -0.3 is 0 Å². The molecule has 64 valence electrons. The minimum absolute atomic E-state index is 0.187. The predicted molar refractivity (Wildman–Crippen MR) is 49.0 cm³/mol. The van der Waals surface area contributed by atoms with Crippen molar-refractivity contribution in [1.82, 2.24) is 10.2 Å². The van der Waals surface area contributed by atoms with E-state index in [1.807, 2.05) is 24.3 Å². The zero-order valence-electron chi connectivity index (χ0n) is 6.84. The first kappa shape index (κ1) is 7.79. The molecule has 0 fully saturated rings. The van der Waals surface area contributed by atoms with Crippen molar-refractivity contribution in [3.8, 4) is 0 Å². The molecule has 0 atom stereocenters. The molecule has 0 spiro atoms. The lowest BCUT2D eigenvalue weighted by Crippen LogP contribution is -1.85. The molecule has 0 N–H and O–H groups in total. The molecule has 0 radical (unpaired) electrons. The van der Waals surface area contributed by atoms with E-state index < -0.39 is 0 Å². The van der Waals surface area contributed by atoms with Gasteiger partial charge in [-0.3, -0.25) is 0 Å². The Morgan fingerprint density at radius 3 is 3.08 bits per heavy atom. The number of rotatable bonds is 2. The Labute approximate surface area is 74.6 Å². The highest BCUT2D eigenvalue weighted by Crippen LogP contribution is 2.12. The third-order valence-corrected chi connectivity index (χ3v) is 1.83. The number of nitroso groups, excluding NO2 is 1. The summed E-state index contributed by atoms with van der Waals surface area (Å²) in [6.45, 7) is 0.187. The summed E-state index contributed by atoms with van der Waals surface area (Å²) >= 11 is 0. The van der Waals surface area contributed by atoms with E-state index in [1.54, 1.807) is 6.20 Å². The molecular weight excluding hydrogens is 166 g/mol. The highest BCUT2D eigenvalue weighted by atomic mass is 16.3. The van der Waals surface area contributed by atoms with Crippen molar-refractivity contribution in [2.45, 2.75) is 6.54 Å². The largest absolute Gasteiger partial charge is 0.159 e. The van der Waals surface area contributed by atoms with Crippen LogP contribution < -0.4 is 0 Å². The lowest BCUT2D eigenvalue weighted by Gasteiger charge is -1.96. The fourth-order valence-electron chi connectivity index (χ4n) is 1.20. The second-order valence-corrected chi connectivity index (χ2v) is 2.71. The minimum Gasteiger partial charge on any atom is -0.159 e. The molecule has 4 nitrogen and oxygen atoms in total. The SMILES string of the molecule is O=NCc1ccc2ccnnc2c1. The van der Waals surface area contributed by atoms with Gasteiger partial charge in [0, 0.05) is 5.39 Å². The monoisotopic (exact) mass is 173 g/mol. The topological polar surface area (TPSA) is 55.2 Å². The molecule has 0 amide bonds. The third-order valence-electron chi connectivity index (χ3n) is 1.83. The van der Waals surface area contributed by atoms with E-state index in [9.17, 15) is 4.91 Å². The fourth-order valence-corrected chi connectivity index (χ4v) is 1.20. The van der Waals surface area contributed by atoms with Crippen molar-refractivity contribution >= 4 is 10.9 Å². The van der Waals surface area contributed by atoms with Gasteiger partial charge in [-0.2, -0.15) is 15.1 Å². The highest BCUT2D eigenvalue weighted by Gasteiger charge is 1.96. The number of nitrogens with zero attached hydrogens (tertiary/aromatic N) is 3. The van der Waals surface area contributed by atoms with Gasteiger partial charge in [-0.05, 0) is 17.7 Å². The van der Waals surface area contributed by atoms with E-state index in [4.69, 9.17) is 0 Å². The van der Waals surface area contributed by atoms with Crippen molar-refractivity contribution in [3.63, 3.8) is 0 Å². The van der Waals surface area contributed by atoms with Crippen LogP contribution in [0.5, 0.6) is 0 Å². The molecule has 0 aliphatic heterocycles. The van der Waals surface area contributed by atoms with Crippen molar-refractivity contribution in [2.24, 2.45) is 5.18 Å². The molecule has 0 aliphatic carbocycles. The quantitative estimate of drug-likeness (QED) is 0.651. The van der Waals surface area contributed by atoms with Crippen molar-refractivity contribution in [1.29, 1.82) is 0 Å². The van der Waals surface area contributed by atoms with Crippen LogP contribution >= 0.6 is 0 Å². The first-order valence-corrected chi connectivity index (χ1v) is 3.89. The van der Waals surface area contributed by atoms with E-state index >= 15 is 0 Å². The summed E-state index contributed by atoms with van der Waals surface area (Å²) < 4.78 is 0. The Morgan fingerprint density at radius 2 is 2.23 bits per heavy atom. The van der Waals surface area contributed by atoms with Crippen LogP contribution in [0.2, 0.25) is 0 Å². The van der Waals surface area contributed by atoms with E-state index in [0.717, 1.165) is 16.5 Å². The molecular formula is C9H7N3O. The number of fused-ring (bicyclic) bond motifs is 1. The van der Waals surface area contributed by atoms with Crippen LogP contribution in [0.25, 0.3) is 10.9 Å². The van der Waals surface area contributed by atoms with Gasteiger partial charge in [0.15, 0.2) is 0 Å². The molecule has 2 aromatic rings. The molecule has 0 saturated heterocycles. The molecule has 2 rings (SSSR count). The van der Waals surface area contributed by atoms with Gasteiger partial charge in [0.05, 0.1) is 11.7 Å². The summed E-state index contributed by atoms with van der Waals surface area (Å²) in [7, 11) is 0. The molecule has 1 heterocycles. The average molecular weight is 173 g/mol.